The van der Waals surface area contributed by atoms with E-state index in [1.54, 1.807) is 14.2 Å². The standard InChI is InChI=1S/C38H48Br2O2/c1-5-7-9-11-13-15-17-27-19-21-31-29(23-27)25-33(39)37(41-3)35(31)36-32-22-20-28(18-16-14-12-10-8-6-2)24-30(32)26-34(40)38(36)42-4/h19-26H,5-18H2,1-4H3. The Kier molecular flexibility index (Phi) is 13.1. The van der Waals surface area contributed by atoms with Gasteiger partial charge in [-0.2, -0.15) is 0 Å². The Bertz CT molecular complexity index is 1350. The van der Waals surface area contributed by atoms with E-state index in [-0.39, 0.29) is 0 Å². The summed E-state index contributed by atoms with van der Waals surface area (Å²) in [6.07, 6.45) is 18.0. The lowest BCUT2D eigenvalue weighted by Gasteiger charge is -2.20. The smallest absolute Gasteiger partial charge is 0.141 e. The number of methoxy groups -OCH3 is 2. The minimum Gasteiger partial charge on any atom is -0.495 e. The number of unbranched alkanes of at least 4 members (excludes halogenated alkanes) is 10. The van der Waals surface area contributed by atoms with Gasteiger partial charge in [-0.1, -0.05) is 114 Å². The minimum atomic E-state index is 0.833. The van der Waals surface area contributed by atoms with Crippen LogP contribution in [-0.4, -0.2) is 14.2 Å². The van der Waals surface area contributed by atoms with Gasteiger partial charge in [0, 0.05) is 11.1 Å². The molecular weight excluding hydrogens is 648 g/mol. The van der Waals surface area contributed by atoms with E-state index < -0.39 is 0 Å². The number of halogens is 2. The van der Waals surface area contributed by atoms with Crippen LogP contribution in [-0.2, 0) is 12.8 Å². The van der Waals surface area contributed by atoms with Crippen LogP contribution in [0.25, 0.3) is 32.7 Å². The molecule has 42 heavy (non-hydrogen) atoms. The predicted octanol–water partition coefficient (Wildman–Crippen LogP) is 13.0. The van der Waals surface area contributed by atoms with Crippen LogP contribution in [0.1, 0.15) is 102 Å². The highest BCUT2D eigenvalue weighted by Crippen LogP contribution is 2.50. The largest absolute Gasteiger partial charge is 0.495 e. The number of aryl methyl sites for hydroxylation is 2. The van der Waals surface area contributed by atoms with Crippen LogP contribution < -0.4 is 9.47 Å². The first-order valence-corrected chi connectivity index (χ1v) is 17.7. The lowest BCUT2D eigenvalue weighted by atomic mass is 9.90. The van der Waals surface area contributed by atoms with Gasteiger partial charge >= 0.3 is 0 Å². The highest BCUT2D eigenvalue weighted by Gasteiger charge is 2.23. The van der Waals surface area contributed by atoms with Gasteiger partial charge in [0.25, 0.3) is 0 Å². The van der Waals surface area contributed by atoms with Crippen molar-refractivity contribution >= 4 is 53.4 Å². The van der Waals surface area contributed by atoms with Crippen molar-refractivity contribution in [2.75, 3.05) is 14.2 Å². The van der Waals surface area contributed by atoms with E-state index in [2.05, 4.69) is 94.2 Å². The number of hydrogen-bond acceptors (Lipinski definition) is 2. The van der Waals surface area contributed by atoms with Gasteiger partial charge in [0.1, 0.15) is 11.5 Å². The average molecular weight is 697 g/mol. The number of ether oxygens (including phenoxy) is 2. The Labute approximate surface area is 270 Å². The molecule has 0 atom stereocenters. The van der Waals surface area contributed by atoms with Crippen LogP contribution in [0.4, 0.5) is 0 Å². The molecule has 0 N–H and O–H groups in total. The predicted molar refractivity (Wildman–Crippen MR) is 190 cm³/mol. The third-order valence-electron chi connectivity index (χ3n) is 8.52. The summed E-state index contributed by atoms with van der Waals surface area (Å²) in [6, 6.07) is 18.3. The number of benzene rings is 4. The van der Waals surface area contributed by atoms with Crippen molar-refractivity contribution in [2.45, 2.75) is 104 Å². The molecule has 0 aromatic heterocycles. The first kappa shape index (κ1) is 32.9. The van der Waals surface area contributed by atoms with Crippen LogP contribution in [0.5, 0.6) is 11.5 Å². The highest BCUT2D eigenvalue weighted by atomic mass is 79.9. The first-order valence-electron chi connectivity index (χ1n) is 16.1. The molecule has 4 heteroatoms. The third kappa shape index (κ3) is 8.11. The molecule has 0 aliphatic carbocycles. The molecule has 0 amide bonds. The Morgan fingerprint density at radius 2 is 0.881 bits per heavy atom. The van der Waals surface area contributed by atoms with Gasteiger partial charge in [-0.3, -0.25) is 0 Å². The summed E-state index contributed by atoms with van der Waals surface area (Å²) in [5.41, 5.74) is 4.93. The Balaban J connectivity index is 1.72. The minimum absolute atomic E-state index is 0.833. The lowest BCUT2D eigenvalue weighted by molar-refractivity contribution is 0.408. The topological polar surface area (TPSA) is 18.5 Å². The maximum atomic E-state index is 6.07. The molecular formula is C38H48Br2O2. The van der Waals surface area contributed by atoms with Gasteiger partial charge in [-0.25, -0.2) is 0 Å². The molecule has 0 fully saturated rings. The quantitative estimate of drug-likeness (QED) is 0.102. The summed E-state index contributed by atoms with van der Waals surface area (Å²) in [7, 11) is 3.52. The van der Waals surface area contributed by atoms with E-state index >= 15 is 0 Å². The maximum absolute atomic E-state index is 6.07. The van der Waals surface area contributed by atoms with Crippen molar-refractivity contribution in [1.82, 2.24) is 0 Å². The van der Waals surface area contributed by atoms with E-state index in [1.807, 2.05) is 0 Å². The second-order valence-corrected chi connectivity index (χ2v) is 13.4. The van der Waals surface area contributed by atoms with E-state index in [4.69, 9.17) is 9.47 Å². The Hall–Kier alpha value is -2.04. The molecule has 0 spiro atoms. The molecule has 4 aromatic carbocycles. The summed E-state index contributed by atoms with van der Waals surface area (Å²) >= 11 is 7.70. The number of rotatable bonds is 17. The highest BCUT2D eigenvalue weighted by molar-refractivity contribution is 9.11. The van der Waals surface area contributed by atoms with Crippen molar-refractivity contribution in [3.05, 3.63) is 68.6 Å². The summed E-state index contributed by atoms with van der Waals surface area (Å²) in [4.78, 5) is 0. The molecule has 4 aromatic rings. The monoisotopic (exact) mass is 694 g/mol. The molecule has 0 saturated heterocycles. The van der Waals surface area contributed by atoms with Crippen molar-refractivity contribution in [1.29, 1.82) is 0 Å². The van der Waals surface area contributed by atoms with Gasteiger partial charge in [-0.15, -0.1) is 0 Å². The first-order chi connectivity index (χ1) is 20.5. The fourth-order valence-electron chi connectivity index (χ4n) is 6.23. The van der Waals surface area contributed by atoms with Crippen molar-refractivity contribution in [3.63, 3.8) is 0 Å². The zero-order valence-corrected chi connectivity index (χ0v) is 29.3. The normalized spacial score (nSPS) is 11.5. The van der Waals surface area contributed by atoms with Crippen LogP contribution in [0.3, 0.4) is 0 Å². The van der Waals surface area contributed by atoms with Crippen molar-refractivity contribution in [3.8, 4) is 22.6 Å². The van der Waals surface area contributed by atoms with Gasteiger partial charge in [0.15, 0.2) is 0 Å². The summed E-state index contributed by atoms with van der Waals surface area (Å²) in [6.45, 7) is 4.55. The Morgan fingerprint density at radius 3 is 1.26 bits per heavy atom. The summed E-state index contributed by atoms with van der Waals surface area (Å²) in [5, 5.41) is 4.79. The molecule has 0 saturated carbocycles. The van der Waals surface area contributed by atoms with Gasteiger partial charge in [0.2, 0.25) is 0 Å². The molecule has 0 aliphatic heterocycles. The number of fused-ring (bicyclic) bond motifs is 2. The molecule has 4 rings (SSSR count). The third-order valence-corrected chi connectivity index (χ3v) is 9.70. The van der Waals surface area contributed by atoms with Crippen LogP contribution >= 0.6 is 31.9 Å². The number of hydrogen-bond donors (Lipinski definition) is 0. The fraction of sp³-hybridized carbons (Fsp3) is 0.474. The molecule has 0 heterocycles. The second-order valence-electron chi connectivity index (χ2n) is 11.7. The second kappa shape index (κ2) is 16.7. The molecule has 0 aliphatic rings. The molecule has 0 bridgehead atoms. The molecule has 226 valence electrons. The van der Waals surface area contributed by atoms with E-state index in [0.29, 0.717) is 0 Å². The van der Waals surface area contributed by atoms with E-state index in [1.165, 1.54) is 110 Å². The van der Waals surface area contributed by atoms with Gasteiger partial charge in [0.05, 0.1) is 23.2 Å². The van der Waals surface area contributed by atoms with Crippen LogP contribution in [0, 0.1) is 0 Å². The summed E-state index contributed by atoms with van der Waals surface area (Å²) < 4.78 is 14.1. The van der Waals surface area contributed by atoms with E-state index in [0.717, 1.165) is 44.4 Å². The van der Waals surface area contributed by atoms with Crippen molar-refractivity contribution < 1.29 is 9.47 Å². The van der Waals surface area contributed by atoms with Crippen molar-refractivity contribution in [2.24, 2.45) is 0 Å². The zero-order chi connectivity index (χ0) is 29.9. The Morgan fingerprint density at radius 1 is 0.500 bits per heavy atom. The van der Waals surface area contributed by atoms with Gasteiger partial charge in [-0.05, 0) is 102 Å². The van der Waals surface area contributed by atoms with Gasteiger partial charge < -0.3 is 9.47 Å². The lowest BCUT2D eigenvalue weighted by Crippen LogP contribution is -1.98. The molecule has 2 nitrogen and oxygen atoms in total. The maximum Gasteiger partial charge on any atom is 0.141 e. The zero-order valence-electron chi connectivity index (χ0n) is 26.1. The summed E-state index contributed by atoms with van der Waals surface area (Å²) in [5.74, 6) is 1.67. The van der Waals surface area contributed by atoms with E-state index in [9.17, 15) is 0 Å². The average Bonchev–Trinajstić information content (AvgIpc) is 2.99. The SMILES string of the molecule is CCCCCCCCc1ccc2c(-c3c(OC)c(Br)cc4cc(CCCCCCCC)ccc34)c(OC)c(Br)cc2c1. The fourth-order valence-corrected chi connectivity index (χ4v) is 7.45. The van der Waals surface area contributed by atoms with Crippen LogP contribution in [0.15, 0.2) is 57.5 Å². The van der Waals surface area contributed by atoms with Crippen LogP contribution in [0.2, 0.25) is 0 Å². The molecule has 0 unspecified atom stereocenters. The molecule has 0 radical (unpaired) electrons.